The second kappa shape index (κ2) is 3.72. The molecule has 0 spiro atoms. The molecule has 0 heterocycles. The van der Waals surface area contributed by atoms with Crippen molar-refractivity contribution in [2.24, 2.45) is 23.7 Å². The van der Waals surface area contributed by atoms with Crippen molar-refractivity contribution in [3.8, 4) is 0 Å². The van der Waals surface area contributed by atoms with E-state index in [1.807, 2.05) is 0 Å². The first-order valence-electron chi connectivity index (χ1n) is 7.38. The number of rotatable bonds is 2. The summed E-state index contributed by atoms with van der Waals surface area (Å²) in [4.78, 5) is 0. The molecule has 0 amide bonds. The van der Waals surface area contributed by atoms with Crippen LogP contribution in [-0.4, -0.2) is 0 Å². The van der Waals surface area contributed by atoms with Crippen molar-refractivity contribution in [1.29, 1.82) is 0 Å². The van der Waals surface area contributed by atoms with Crippen LogP contribution in [0.5, 0.6) is 0 Å². The topological polar surface area (TPSA) is 0 Å². The van der Waals surface area contributed by atoms with Crippen LogP contribution in [0.15, 0.2) is 0 Å². The SMILES string of the molecule is C1CC2CC1C[CH]2[Hg][CH]1CC2CCC1C2. The van der Waals surface area contributed by atoms with Gasteiger partial charge >= 0.3 is 106 Å². The van der Waals surface area contributed by atoms with Crippen molar-refractivity contribution < 1.29 is 24.6 Å². The van der Waals surface area contributed by atoms with E-state index in [2.05, 4.69) is 0 Å². The minimum atomic E-state index is -0.492. The molecule has 0 radical (unpaired) electrons. The Morgan fingerprint density at radius 1 is 0.600 bits per heavy atom. The molecule has 0 N–H and O–H groups in total. The first-order chi connectivity index (χ1) is 7.38. The van der Waals surface area contributed by atoms with E-state index in [-0.39, 0.29) is 0 Å². The van der Waals surface area contributed by atoms with Gasteiger partial charge in [-0.3, -0.25) is 0 Å². The Bertz CT molecular complexity index is 236. The van der Waals surface area contributed by atoms with Crippen LogP contribution < -0.4 is 0 Å². The third-order valence-corrected chi connectivity index (χ3v) is 18.9. The zero-order chi connectivity index (χ0) is 9.83. The summed E-state index contributed by atoms with van der Waals surface area (Å²) in [6, 6.07) is 0. The maximum absolute atomic E-state index is 1.72. The Hall–Kier alpha value is 0.935. The van der Waals surface area contributed by atoms with Gasteiger partial charge in [0.2, 0.25) is 0 Å². The molecule has 4 rings (SSSR count). The van der Waals surface area contributed by atoms with Crippen molar-refractivity contribution in [3.63, 3.8) is 0 Å². The third kappa shape index (κ3) is 1.65. The molecule has 0 saturated heterocycles. The minimum absolute atomic E-state index is 0.492. The summed E-state index contributed by atoms with van der Waals surface area (Å²) in [6.45, 7) is 0. The molecular formula is C14H22Hg. The molecule has 0 nitrogen and oxygen atoms in total. The quantitative estimate of drug-likeness (QED) is 0.617. The van der Waals surface area contributed by atoms with Crippen LogP contribution >= 0.6 is 0 Å². The van der Waals surface area contributed by atoms with Gasteiger partial charge in [0, 0.05) is 0 Å². The normalized spacial score (nSPS) is 56.3. The van der Waals surface area contributed by atoms with Gasteiger partial charge in [-0.25, -0.2) is 0 Å². The van der Waals surface area contributed by atoms with E-state index in [1.54, 1.807) is 51.4 Å². The number of fused-ring (bicyclic) bond motifs is 4. The van der Waals surface area contributed by atoms with Gasteiger partial charge in [-0.2, -0.15) is 0 Å². The molecule has 15 heavy (non-hydrogen) atoms. The zero-order valence-electron chi connectivity index (χ0n) is 9.83. The predicted octanol–water partition coefficient (Wildman–Crippen LogP) is 4.29. The molecule has 6 atom stereocenters. The van der Waals surface area contributed by atoms with Gasteiger partial charge in [0.05, 0.1) is 0 Å². The van der Waals surface area contributed by atoms with E-state index in [0.717, 1.165) is 0 Å². The second-order valence-corrected chi connectivity index (χ2v) is 17.1. The van der Waals surface area contributed by atoms with Crippen LogP contribution in [0.25, 0.3) is 0 Å². The van der Waals surface area contributed by atoms with Crippen molar-refractivity contribution in [1.82, 2.24) is 0 Å². The van der Waals surface area contributed by atoms with E-state index in [4.69, 9.17) is 0 Å². The zero-order valence-corrected chi connectivity index (χ0v) is 15.3. The summed E-state index contributed by atoms with van der Waals surface area (Å²) in [5, 5.41) is 0. The fourth-order valence-corrected chi connectivity index (χ4v) is 20.2. The Balaban J connectivity index is 1.40. The van der Waals surface area contributed by atoms with Crippen molar-refractivity contribution in [3.05, 3.63) is 0 Å². The summed E-state index contributed by atoms with van der Waals surface area (Å²) in [6.07, 6.45) is 13.3. The van der Waals surface area contributed by atoms with E-state index in [0.29, 0.717) is 0 Å². The summed E-state index contributed by atoms with van der Waals surface area (Å²) < 4.78 is 2.79. The van der Waals surface area contributed by atoms with Gasteiger partial charge in [0.1, 0.15) is 0 Å². The first kappa shape index (κ1) is 9.91. The Morgan fingerprint density at radius 3 is 1.47 bits per heavy atom. The van der Waals surface area contributed by atoms with Crippen LogP contribution in [0.2, 0.25) is 6.85 Å². The molecule has 0 aromatic rings. The number of hydrogen-bond acceptors (Lipinski definition) is 0. The van der Waals surface area contributed by atoms with Crippen LogP contribution in [-0.2, 0) is 24.6 Å². The van der Waals surface area contributed by atoms with Crippen molar-refractivity contribution in [2.75, 3.05) is 0 Å². The van der Waals surface area contributed by atoms with Crippen LogP contribution in [0.4, 0.5) is 0 Å². The molecule has 0 aromatic carbocycles. The van der Waals surface area contributed by atoms with Crippen molar-refractivity contribution in [2.45, 2.75) is 58.2 Å². The molecule has 4 aliphatic rings. The predicted molar refractivity (Wildman–Crippen MR) is 58.4 cm³/mol. The Labute approximate surface area is 106 Å². The van der Waals surface area contributed by atoms with Gasteiger partial charge in [-0.15, -0.1) is 0 Å². The van der Waals surface area contributed by atoms with Crippen molar-refractivity contribution >= 4 is 0 Å². The maximum atomic E-state index is 1.72. The summed E-state index contributed by atoms with van der Waals surface area (Å²) >= 11 is -0.492. The Morgan fingerprint density at radius 2 is 1.13 bits per heavy atom. The molecule has 80 valence electrons. The molecule has 0 aliphatic heterocycles. The summed E-state index contributed by atoms with van der Waals surface area (Å²) in [7, 11) is 0. The average molecular weight is 391 g/mol. The molecular weight excluding hydrogens is 369 g/mol. The van der Waals surface area contributed by atoms with Gasteiger partial charge in [-0.1, -0.05) is 0 Å². The second-order valence-electron chi connectivity index (χ2n) is 7.11. The molecule has 1 heteroatoms. The van der Waals surface area contributed by atoms with Gasteiger partial charge in [0.15, 0.2) is 0 Å². The first-order valence-corrected chi connectivity index (χ1v) is 13.7. The van der Waals surface area contributed by atoms with E-state index >= 15 is 0 Å². The fraction of sp³-hybridized carbons (Fsp3) is 1.00. The van der Waals surface area contributed by atoms with Crippen LogP contribution in [0.1, 0.15) is 51.4 Å². The Kier molecular flexibility index (Phi) is 2.46. The van der Waals surface area contributed by atoms with E-state index < -0.39 is 24.6 Å². The number of hydrogen-bond donors (Lipinski definition) is 0. The molecule has 4 saturated carbocycles. The van der Waals surface area contributed by atoms with E-state index in [9.17, 15) is 0 Å². The van der Waals surface area contributed by atoms with Gasteiger partial charge < -0.3 is 0 Å². The summed E-state index contributed by atoms with van der Waals surface area (Å²) in [5.41, 5.74) is 0. The molecule has 0 aromatic heterocycles. The van der Waals surface area contributed by atoms with Gasteiger partial charge in [-0.05, 0) is 0 Å². The average Bonchev–Trinajstić information content (AvgIpc) is 2.96. The van der Waals surface area contributed by atoms with E-state index in [1.165, 1.54) is 30.5 Å². The van der Waals surface area contributed by atoms with Crippen LogP contribution in [0.3, 0.4) is 0 Å². The fourth-order valence-electron chi connectivity index (χ4n) is 5.72. The third-order valence-electron chi connectivity index (χ3n) is 6.37. The molecule has 4 fully saturated rings. The van der Waals surface area contributed by atoms with Crippen LogP contribution in [0, 0.1) is 23.7 Å². The monoisotopic (exact) mass is 392 g/mol. The standard InChI is InChI=1S/2C7H11.Hg/c2*1-2-7-4-3-6(1)5-7;/h2*1,6-7H,2-5H2;. The van der Waals surface area contributed by atoms with Gasteiger partial charge in [0.25, 0.3) is 0 Å². The molecule has 4 bridgehead atoms. The molecule has 6 unspecified atom stereocenters. The molecule has 4 aliphatic carbocycles. The summed E-state index contributed by atoms with van der Waals surface area (Å²) in [5.74, 6) is 4.99.